The second kappa shape index (κ2) is 10.5. The van der Waals surface area contributed by atoms with Crippen LogP contribution in [0.1, 0.15) is 22.3 Å². The molecule has 1 aliphatic rings. The van der Waals surface area contributed by atoms with Gasteiger partial charge in [-0.3, -0.25) is 9.59 Å². The highest BCUT2D eigenvalue weighted by molar-refractivity contribution is 7.98. The third-order valence-corrected chi connectivity index (χ3v) is 5.09. The van der Waals surface area contributed by atoms with E-state index in [0.29, 0.717) is 28.4 Å². The van der Waals surface area contributed by atoms with E-state index in [1.54, 1.807) is 48.5 Å². The molecule has 0 aromatic heterocycles. The van der Waals surface area contributed by atoms with Gasteiger partial charge in [-0.15, -0.1) is 0 Å². The Hall–Kier alpha value is -3.46. The molecule has 1 aliphatic heterocycles. The molecule has 0 spiro atoms. The molecule has 9 heteroatoms. The van der Waals surface area contributed by atoms with Crippen LogP contribution >= 0.6 is 11.8 Å². The average Bonchev–Trinajstić information content (AvgIpc) is 3.24. The van der Waals surface area contributed by atoms with Gasteiger partial charge in [0.25, 0.3) is 11.8 Å². The van der Waals surface area contributed by atoms with Gasteiger partial charge >= 0.3 is 5.97 Å². The van der Waals surface area contributed by atoms with E-state index in [-0.39, 0.29) is 18.9 Å². The maximum Gasteiger partial charge on any atom is 0.326 e. The first-order valence-corrected chi connectivity index (χ1v) is 10.9. The fourth-order valence-corrected chi connectivity index (χ4v) is 3.31. The van der Waals surface area contributed by atoms with Crippen molar-refractivity contribution in [3.05, 3.63) is 65.4 Å². The molecule has 2 aromatic carbocycles. The number of rotatable bonds is 9. The number of carboxylic acid groups (broad SMARTS) is 1. The van der Waals surface area contributed by atoms with Gasteiger partial charge in [0.05, 0.1) is 0 Å². The van der Waals surface area contributed by atoms with Crippen molar-refractivity contribution in [3.63, 3.8) is 0 Å². The SMILES string of the molecule is CSCC[C@@H](NC(=O)/C(=C/c1ccc2c(c1)OCO2)NC(=O)c1ccccc1)C(=O)O. The van der Waals surface area contributed by atoms with Crippen LogP contribution in [0.3, 0.4) is 0 Å². The largest absolute Gasteiger partial charge is 0.480 e. The van der Waals surface area contributed by atoms with Gasteiger partial charge < -0.3 is 25.2 Å². The molecule has 3 rings (SSSR count). The topological polar surface area (TPSA) is 114 Å². The van der Waals surface area contributed by atoms with Gasteiger partial charge in [0.1, 0.15) is 11.7 Å². The molecule has 0 saturated heterocycles. The summed E-state index contributed by atoms with van der Waals surface area (Å²) in [5.74, 6) is -0.659. The van der Waals surface area contributed by atoms with E-state index in [9.17, 15) is 19.5 Å². The number of hydrogen-bond acceptors (Lipinski definition) is 6. The van der Waals surface area contributed by atoms with Crippen molar-refractivity contribution in [3.8, 4) is 11.5 Å². The molecule has 0 bridgehead atoms. The molecule has 0 fully saturated rings. The van der Waals surface area contributed by atoms with Crippen LogP contribution in [-0.2, 0) is 9.59 Å². The first-order valence-electron chi connectivity index (χ1n) is 9.48. The van der Waals surface area contributed by atoms with Crippen LogP contribution in [0.5, 0.6) is 11.5 Å². The van der Waals surface area contributed by atoms with Crippen molar-refractivity contribution in [1.29, 1.82) is 0 Å². The van der Waals surface area contributed by atoms with Gasteiger partial charge in [-0.25, -0.2) is 4.79 Å². The number of carboxylic acids is 1. The summed E-state index contributed by atoms with van der Waals surface area (Å²) in [7, 11) is 0. The number of nitrogens with one attached hydrogen (secondary N) is 2. The molecule has 162 valence electrons. The highest BCUT2D eigenvalue weighted by Crippen LogP contribution is 2.33. The Morgan fingerprint density at radius 3 is 2.58 bits per heavy atom. The Bertz CT molecular complexity index is 993. The molecule has 8 nitrogen and oxygen atoms in total. The maximum atomic E-state index is 12.9. The molecule has 0 radical (unpaired) electrons. The van der Waals surface area contributed by atoms with E-state index in [1.807, 2.05) is 6.26 Å². The van der Waals surface area contributed by atoms with Crippen LogP contribution in [0.4, 0.5) is 0 Å². The minimum atomic E-state index is -1.14. The fraction of sp³-hybridized carbons (Fsp3) is 0.227. The third kappa shape index (κ3) is 6.02. The third-order valence-electron chi connectivity index (χ3n) is 4.45. The normalized spacial score (nSPS) is 13.4. The van der Waals surface area contributed by atoms with Crippen LogP contribution in [-0.4, -0.2) is 47.7 Å². The zero-order valence-corrected chi connectivity index (χ0v) is 17.6. The smallest absolute Gasteiger partial charge is 0.326 e. The maximum absolute atomic E-state index is 12.9. The predicted molar refractivity (Wildman–Crippen MR) is 117 cm³/mol. The van der Waals surface area contributed by atoms with Crippen LogP contribution in [0.25, 0.3) is 6.08 Å². The number of thioether (sulfide) groups is 1. The number of ether oxygens (including phenoxy) is 2. The first-order chi connectivity index (χ1) is 15.0. The fourth-order valence-electron chi connectivity index (χ4n) is 2.84. The number of amides is 2. The van der Waals surface area contributed by atoms with Crippen molar-refractivity contribution >= 4 is 35.6 Å². The number of benzene rings is 2. The van der Waals surface area contributed by atoms with Crippen LogP contribution in [0.15, 0.2) is 54.2 Å². The Morgan fingerprint density at radius 2 is 1.87 bits per heavy atom. The number of hydrogen-bond donors (Lipinski definition) is 3. The van der Waals surface area contributed by atoms with Crippen molar-refractivity contribution in [2.45, 2.75) is 12.5 Å². The quantitative estimate of drug-likeness (QED) is 0.511. The van der Waals surface area contributed by atoms with Gasteiger partial charge in [0.2, 0.25) is 6.79 Å². The van der Waals surface area contributed by atoms with Crippen LogP contribution in [0, 0.1) is 0 Å². The standard InChI is InChI=1S/C22H22N2O6S/c1-31-10-9-16(22(27)28)23-21(26)17(24-20(25)15-5-3-2-4-6-15)11-14-7-8-18-19(12-14)30-13-29-18/h2-8,11-12,16H,9-10,13H2,1H3,(H,23,26)(H,24,25)(H,27,28)/b17-11-/t16-/m1/s1. The minimum Gasteiger partial charge on any atom is -0.480 e. The monoisotopic (exact) mass is 442 g/mol. The van der Waals surface area contributed by atoms with Crippen molar-refractivity contribution in [2.75, 3.05) is 18.8 Å². The summed E-state index contributed by atoms with van der Waals surface area (Å²) < 4.78 is 10.6. The summed E-state index contributed by atoms with van der Waals surface area (Å²) in [5, 5.41) is 14.5. The molecular weight excluding hydrogens is 420 g/mol. The lowest BCUT2D eigenvalue weighted by Crippen LogP contribution is -2.44. The zero-order chi connectivity index (χ0) is 22.2. The van der Waals surface area contributed by atoms with E-state index < -0.39 is 23.8 Å². The molecule has 3 N–H and O–H groups in total. The van der Waals surface area contributed by atoms with E-state index in [4.69, 9.17) is 9.47 Å². The number of carbonyl (C=O) groups is 3. The first kappa shape index (κ1) is 22.2. The molecule has 0 unspecified atom stereocenters. The van der Waals surface area contributed by atoms with Gasteiger partial charge in [-0.05, 0) is 54.3 Å². The molecule has 31 heavy (non-hydrogen) atoms. The second-order valence-electron chi connectivity index (χ2n) is 6.64. The summed E-state index contributed by atoms with van der Waals surface area (Å²) >= 11 is 1.48. The summed E-state index contributed by atoms with van der Waals surface area (Å²) in [4.78, 5) is 37.1. The van der Waals surface area contributed by atoms with E-state index in [2.05, 4.69) is 10.6 Å². The van der Waals surface area contributed by atoms with E-state index in [0.717, 1.165) is 0 Å². The van der Waals surface area contributed by atoms with E-state index in [1.165, 1.54) is 17.8 Å². The average molecular weight is 442 g/mol. The lowest BCUT2D eigenvalue weighted by atomic mass is 10.1. The van der Waals surface area contributed by atoms with Gasteiger partial charge in [-0.1, -0.05) is 24.3 Å². The van der Waals surface area contributed by atoms with Crippen molar-refractivity contribution in [2.24, 2.45) is 0 Å². The number of carbonyl (C=O) groups excluding carboxylic acids is 2. The molecule has 0 saturated carbocycles. The van der Waals surface area contributed by atoms with Crippen LogP contribution < -0.4 is 20.1 Å². The lowest BCUT2D eigenvalue weighted by Gasteiger charge is -2.16. The molecule has 2 amide bonds. The summed E-state index contributed by atoms with van der Waals surface area (Å²) in [6.07, 6.45) is 3.57. The minimum absolute atomic E-state index is 0.0804. The molecule has 0 aliphatic carbocycles. The van der Waals surface area contributed by atoms with E-state index >= 15 is 0 Å². The number of aliphatic carboxylic acids is 1. The van der Waals surface area contributed by atoms with Gasteiger partial charge in [0, 0.05) is 5.56 Å². The molecule has 1 heterocycles. The Labute approximate surface area is 183 Å². The summed E-state index contributed by atoms with van der Waals surface area (Å²) in [5.41, 5.74) is 0.867. The molecular formula is C22H22N2O6S. The van der Waals surface area contributed by atoms with Crippen molar-refractivity contribution < 1.29 is 29.0 Å². The zero-order valence-electron chi connectivity index (χ0n) is 16.8. The Morgan fingerprint density at radius 1 is 1.13 bits per heavy atom. The van der Waals surface area contributed by atoms with Crippen LogP contribution in [0.2, 0.25) is 0 Å². The predicted octanol–water partition coefficient (Wildman–Crippen LogP) is 2.51. The Kier molecular flexibility index (Phi) is 7.55. The highest BCUT2D eigenvalue weighted by Gasteiger charge is 2.23. The summed E-state index contributed by atoms with van der Waals surface area (Å²) in [6.45, 7) is 0.107. The van der Waals surface area contributed by atoms with Gasteiger partial charge in [0.15, 0.2) is 11.5 Å². The highest BCUT2D eigenvalue weighted by atomic mass is 32.2. The molecule has 2 aromatic rings. The van der Waals surface area contributed by atoms with Crippen molar-refractivity contribution in [1.82, 2.24) is 10.6 Å². The van der Waals surface area contributed by atoms with Gasteiger partial charge in [-0.2, -0.15) is 11.8 Å². The second-order valence-corrected chi connectivity index (χ2v) is 7.62. The molecule has 1 atom stereocenters. The lowest BCUT2D eigenvalue weighted by molar-refractivity contribution is -0.141. The summed E-state index contributed by atoms with van der Waals surface area (Å²) in [6, 6.07) is 12.4. The number of fused-ring (bicyclic) bond motifs is 1. The Balaban J connectivity index is 1.86.